The number of carbonyl (C=O) groups is 2. The van der Waals surface area contributed by atoms with Crippen LogP contribution >= 0.6 is 0 Å². The molecule has 21 heavy (non-hydrogen) atoms. The molecule has 10 heteroatoms. The molecule has 1 unspecified atom stereocenters. The monoisotopic (exact) mass is 333 g/mol. The van der Waals surface area contributed by atoms with Crippen molar-refractivity contribution < 1.29 is 36.4 Å². The van der Waals surface area contributed by atoms with Gasteiger partial charge in [0, 0.05) is 0 Å². The highest BCUT2D eigenvalue weighted by atomic mass is 32.2. The van der Waals surface area contributed by atoms with E-state index in [2.05, 4.69) is 9.47 Å². The van der Waals surface area contributed by atoms with Crippen LogP contribution in [0.5, 0.6) is 0 Å². The van der Waals surface area contributed by atoms with Crippen LogP contribution in [-0.2, 0) is 30.0 Å². The first kappa shape index (κ1) is 19.8. The quantitative estimate of drug-likeness (QED) is 0.598. The highest BCUT2D eigenvalue weighted by molar-refractivity contribution is 7.84. The maximum absolute atomic E-state index is 13.1. The first-order valence-corrected chi connectivity index (χ1v) is 6.91. The molecule has 0 saturated carbocycles. The van der Waals surface area contributed by atoms with Gasteiger partial charge >= 0.3 is 18.1 Å². The molecule has 0 aromatic rings. The fourth-order valence-electron chi connectivity index (χ4n) is 1.24. The Morgan fingerprint density at radius 1 is 1.05 bits per heavy atom. The van der Waals surface area contributed by atoms with E-state index in [-0.39, 0.29) is 0 Å². The van der Waals surface area contributed by atoms with Crippen molar-refractivity contribution in [3.05, 3.63) is 0 Å². The average molecular weight is 333 g/mol. The summed E-state index contributed by atoms with van der Waals surface area (Å²) in [4.78, 5) is 22.9. The van der Waals surface area contributed by atoms with Crippen LogP contribution in [0.4, 0.5) is 13.2 Å². The molecule has 0 aliphatic heterocycles. The molecule has 124 valence electrons. The standard InChI is InChI=1S/C11H18F3NO5S/c1-10(2,3)21(18)15-7(11(12,13)14)6(8(16)19-4)9(17)20-5/h6-7,15H,1-5H3/t7-,21?/m1/s1. The second-order valence-electron chi connectivity index (χ2n) is 5.04. The highest BCUT2D eigenvalue weighted by Crippen LogP contribution is 2.28. The number of ether oxygens (including phenoxy) is 2. The Balaban J connectivity index is 5.62. The number of nitrogens with one attached hydrogen (secondary N) is 1. The zero-order valence-corrected chi connectivity index (χ0v) is 13.1. The molecule has 0 bridgehead atoms. The van der Waals surface area contributed by atoms with Crippen LogP contribution < -0.4 is 4.72 Å². The molecule has 0 aromatic carbocycles. The van der Waals surface area contributed by atoms with Crippen molar-refractivity contribution in [2.75, 3.05) is 14.2 Å². The second-order valence-corrected chi connectivity index (χ2v) is 7.04. The van der Waals surface area contributed by atoms with Crippen molar-refractivity contribution in [3.63, 3.8) is 0 Å². The van der Waals surface area contributed by atoms with Crippen LogP contribution in [0.3, 0.4) is 0 Å². The number of carbonyl (C=O) groups excluding carboxylic acids is 2. The highest BCUT2D eigenvalue weighted by Gasteiger charge is 2.53. The molecule has 0 aliphatic carbocycles. The summed E-state index contributed by atoms with van der Waals surface area (Å²) in [7, 11) is -0.478. The Hall–Kier alpha value is -1.16. The lowest BCUT2D eigenvalue weighted by Crippen LogP contribution is -2.56. The summed E-state index contributed by atoms with van der Waals surface area (Å²) in [5.41, 5.74) is 0. The lowest BCUT2D eigenvalue weighted by atomic mass is 10.0. The van der Waals surface area contributed by atoms with Crippen LogP contribution in [0.2, 0.25) is 0 Å². The van der Waals surface area contributed by atoms with Crippen molar-refractivity contribution in [2.24, 2.45) is 5.92 Å². The molecule has 0 radical (unpaired) electrons. The van der Waals surface area contributed by atoms with Gasteiger partial charge in [0.2, 0.25) is 0 Å². The number of hydrogen-bond donors (Lipinski definition) is 1. The lowest BCUT2D eigenvalue weighted by Gasteiger charge is -2.29. The van der Waals surface area contributed by atoms with Crippen molar-refractivity contribution in [1.82, 2.24) is 4.72 Å². The van der Waals surface area contributed by atoms with Gasteiger partial charge in [0.15, 0.2) is 5.92 Å². The number of halogens is 3. The maximum atomic E-state index is 13.1. The van der Waals surface area contributed by atoms with Crippen molar-refractivity contribution >= 4 is 22.9 Å². The minimum Gasteiger partial charge on any atom is -0.468 e. The summed E-state index contributed by atoms with van der Waals surface area (Å²) in [5, 5.41) is 0. The van der Waals surface area contributed by atoms with Crippen LogP contribution in [0.25, 0.3) is 0 Å². The molecule has 1 N–H and O–H groups in total. The zero-order valence-electron chi connectivity index (χ0n) is 12.2. The van der Waals surface area contributed by atoms with E-state index in [9.17, 15) is 27.0 Å². The molecule has 0 aromatic heterocycles. The van der Waals surface area contributed by atoms with Gasteiger partial charge < -0.3 is 9.47 Å². The van der Waals surface area contributed by atoms with E-state index in [1.54, 1.807) is 4.72 Å². The SMILES string of the molecule is COC(=O)C(C(=O)OC)[C@@H](NS(=O)C(C)(C)C)C(F)(F)F. The van der Waals surface area contributed by atoms with Gasteiger partial charge in [0.25, 0.3) is 0 Å². The van der Waals surface area contributed by atoms with E-state index in [0.29, 0.717) is 0 Å². The van der Waals surface area contributed by atoms with E-state index in [0.717, 1.165) is 14.2 Å². The normalized spacial score (nSPS) is 15.5. The first-order valence-electron chi connectivity index (χ1n) is 5.76. The molecule has 0 aliphatic rings. The summed E-state index contributed by atoms with van der Waals surface area (Å²) >= 11 is 0. The Kier molecular flexibility index (Phi) is 6.81. The number of alkyl halides is 3. The van der Waals surface area contributed by atoms with Crippen LogP contribution in [0, 0.1) is 5.92 Å². The zero-order chi connectivity index (χ0) is 17.0. The van der Waals surface area contributed by atoms with E-state index >= 15 is 0 Å². The van der Waals surface area contributed by atoms with Gasteiger partial charge in [-0.15, -0.1) is 0 Å². The van der Waals surface area contributed by atoms with Crippen LogP contribution in [0.15, 0.2) is 0 Å². The summed E-state index contributed by atoms with van der Waals surface area (Å²) in [6, 6.07) is -2.68. The Morgan fingerprint density at radius 2 is 1.43 bits per heavy atom. The summed E-state index contributed by atoms with van der Waals surface area (Å²) in [6.07, 6.45) is -5.01. The fraction of sp³-hybridized carbons (Fsp3) is 0.818. The maximum Gasteiger partial charge on any atom is 0.406 e. The van der Waals surface area contributed by atoms with Gasteiger partial charge in [-0.1, -0.05) is 0 Å². The number of esters is 2. The van der Waals surface area contributed by atoms with Crippen LogP contribution in [-0.4, -0.2) is 47.3 Å². The van der Waals surface area contributed by atoms with Gasteiger partial charge in [0.1, 0.15) is 6.04 Å². The van der Waals surface area contributed by atoms with E-state index < -0.39 is 45.8 Å². The molecule has 0 heterocycles. The van der Waals surface area contributed by atoms with Crippen molar-refractivity contribution in [3.8, 4) is 0 Å². The Morgan fingerprint density at radius 3 is 1.67 bits per heavy atom. The number of methoxy groups -OCH3 is 2. The molecule has 0 amide bonds. The topological polar surface area (TPSA) is 81.7 Å². The van der Waals surface area contributed by atoms with Gasteiger partial charge in [-0.05, 0) is 20.8 Å². The van der Waals surface area contributed by atoms with E-state index in [1.807, 2.05) is 0 Å². The molecule has 0 rings (SSSR count). The van der Waals surface area contributed by atoms with E-state index in [4.69, 9.17) is 0 Å². The smallest absolute Gasteiger partial charge is 0.406 e. The number of rotatable bonds is 5. The Bertz CT molecular complexity index is 403. The molecular weight excluding hydrogens is 315 g/mol. The average Bonchev–Trinajstić information content (AvgIpc) is 2.34. The molecular formula is C11H18F3NO5S. The third-order valence-corrected chi connectivity index (χ3v) is 3.97. The summed E-state index contributed by atoms with van der Waals surface area (Å²) in [6.45, 7) is 4.32. The lowest BCUT2D eigenvalue weighted by molar-refractivity contribution is -0.187. The van der Waals surface area contributed by atoms with Gasteiger partial charge in [0.05, 0.1) is 30.0 Å². The molecule has 0 spiro atoms. The third kappa shape index (κ3) is 5.62. The summed E-state index contributed by atoms with van der Waals surface area (Å²) in [5.74, 6) is -5.16. The van der Waals surface area contributed by atoms with Crippen molar-refractivity contribution in [2.45, 2.75) is 37.7 Å². The molecule has 0 fully saturated rings. The molecule has 6 nitrogen and oxygen atoms in total. The van der Waals surface area contributed by atoms with Gasteiger partial charge in [-0.3, -0.25) is 9.59 Å². The summed E-state index contributed by atoms with van der Waals surface area (Å²) < 4.78 is 60.3. The second kappa shape index (κ2) is 7.21. The largest absolute Gasteiger partial charge is 0.468 e. The fourth-order valence-corrected chi connectivity index (χ4v) is 2.09. The van der Waals surface area contributed by atoms with E-state index in [1.165, 1.54) is 20.8 Å². The minimum absolute atomic E-state index is 0.840. The first-order chi connectivity index (χ1) is 9.36. The Labute approximate surface area is 122 Å². The van der Waals surface area contributed by atoms with Gasteiger partial charge in [-0.2, -0.15) is 13.2 Å². The van der Waals surface area contributed by atoms with Crippen LogP contribution in [0.1, 0.15) is 20.8 Å². The minimum atomic E-state index is -5.01. The molecule has 0 saturated heterocycles. The predicted molar refractivity (Wildman–Crippen MR) is 68.4 cm³/mol. The third-order valence-electron chi connectivity index (χ3n) is 2.39. The van der Waals surface area contributed by atoms with Crippen molar-refractivity contribution in [1.29, 1.82) is 0 Å². The molecule has 2 atom stereocenters. The predicted octanol–water partition coefficient (Wildman–Crippen LogP) is 0.931. The van der Waals surface area contributed by atoms with Gasteiger partial charge in [-0.25, -0.2) is 8.93 Å². The number of hydrogen-bond acceptors (Lipinski definition) is 5.